The van der Waals surface area contributed by atoms with E-state index >= 15 is 0 Å². The Kier molecular flexibility index (Phi) is 11.2. The minimum Gasteiger partial charge on any atom is -0.489 e. The molecule has 3 aromatic carbocycles. The van der Waals surface area contributed by atoms with Gasteiger partial charge in [0.2, 0.25) is 0 Å². The second-order valence-electron chi connectivity index (χ2n) is 13.3. The van der Waals surface area contributed by atoms with Crippen LogP contribution in [-0.4, -0.2) is 81.8 Å². The normalized spacial score (nSPS) is 20.7. The average molecular weight is 711 g/mol. The van der Waals surface area contributed by atoms with Gasteiger partial charge in [-0.1, -0.05) is 67.6 Å². The molecule has 0 bridgehead atoms. The molecule has 2 saturated heterocycles. The van der Waals surface area contributed by atoms with Crippen LogP contribution in [0, 0.1) is 11.8 Å². The van der Waals surface area contributed by atoms with E-state index in [9.17, 15) is 14.1 Å². The lowest BCUT2D eigenvalue weighted by Gasteiger charge is -2.38. The van der Waals surface area contributed by atoms with Gasteiger partial charge >= 0.3 is 6.09 Å². The Morgan fingerprint density at radius 3 is 2.63 bits per heavy atom. The van der Waals surface area contributed by atoms with Crippen LogP contribution in [0.25, 0.3) is 10.2 Å². The van der Waals surface area contributed by atoms with Gasteiger partial charge in [-0.05, 0) is 70.3 Å². The molecule has 2 fully saturated rings. The van der Waals surface area contributed by atoms with Gasteiger partial charge < -0.3 is 35.1 Å². The van der Waals surface area contributed by atoms with Crippen molar-refractivity contribution in [3.63, 3.8) is 0 Å². The smallest absolute Gasteiger partial charge is 0.407 e. The number of nitrogen functional groups attached to an aromatic ring is 1. The average Bonchev–Trinajstić information content (AvgIpc) is 3.80. The molecular formula is C36H46N4O7S2. The lowest BCUT2D eigenvalue weighted by atomic mass is 10.0. The Hall–Kier alpha value is -3.59. The van der Waals surface area contributed by atoms with Gasteiger partial charge in [0.05, 0.1) is 41.5 Å². The van der Waals surface area contributed by atoms with Gasteiger partial charge in [-0.15, -0.1) is 0 Å². The molecule has 264 valence electrons. The topological polar surface area (TPSA) is 145 Å². The fourth-order valence-electron chi connectivity index (χ4n) is 6.37. The van der Waals surface area contributed by atoms with Gasteiger partial charge in [0.25, 0.3) is 0 Å². The Bertz CT molecular complexity index is 1750. The minimum atomic E-state index is -3.17. The summed E-state index contributed by atoms with van der Waals surface area (Å²) in [6, 6.07) is 22.3. The summed E-state index contributed by atoms with van der Waals surface area (Å²) in [5.41, 5.74) is 8.63. The number of thiol groups is 1. The highest BCUT2D eigenvalue weighted by Crippen LogP contribution is 2.33. The molecule has 0 spiro atoms. The van der Waals surface area contributed by atoms with Crippen LogP contribution in [-0.2, 0) is 37.4 Å². The zero-order chi connectivity index (χ0) is 34.5. The number of benzene rings is 3. The number of ether oxygens (including phenoxy) is 4. The van der Waals surface area contributed by atoms with Gasteiger partial charge in [-0.2, -0.15) is 0 Å². The minimum absolute atomic E-state index is 0.0173. The van der Waals surface area contributed by atoms with E-state index in [-0.39, 0.29) is 31.3 Å². The monoisotopic (exact) mass is 710 g/mol. The number of hydrogen-bond donors (Lipinski definition) is 4. The number of anilines is 1. The molecule has 0 saturated carbocycles. The van der Waals surface area contributed by atoms with Crippen LogP contribution in [0.3, 0.4) is 0 Å². The number of carbonyl (C=O) groups is 1. The molecule has 2 aliphatic rings. The van der Waals surface area contributed by atoms with Gasteiger partial charge in [0.15, 0.2) is 11.4 Å². The highest BCUT2D eigenvalue weighted by molar-refractivity contribution is 8.00. The molecule has 1 aromatic heterocycles. The molecule has 1 amide bonds. The number of aliphatic hydroxyl groups is 1. The number of amides is 1. The van der Waals surface area contributed by atoms with Crippen molar-refractivity contribution in [2.75, 3.05) is 38.3 Å². The van der Waals surface area contributed by atoms with Crippen LogP contribution in [0.2, 0.25) is 0 Å². The number of nitrogens with zero attached hydrogens (tertiary/aromatic N) is 2. The number of alkyl carbamates (subject to hydrolysis) is 1. The van der Waals surface area contributed by atoms with E-state index in [1.807, 2.05) is 90.9 Å². The number of nitrogens with two attached hydrogens (primary N) is 1. The van der Waals surface area contributed by atoms with Crippen LogP contribution in [0.4, 0.5) is 9.93 Å². The van der Waals surface area contributed by atoms with Gasteiger partial charge in [-0.3, -0.25) is 4.21 Å². The third-order valence-corrected chi connectivity index (χ3v) is 12.5. The number of nitrogens with one attached hydrogen (secondary N) is 1. The summed E-state index contributed by atoms with van der Waals surface area (Å²) in [4.78, 5) is 18.3. The molecule has 11 nitrogen and oxygen atoms in total. The van der Waals surface area contributed by atoms with E-state index in [1.54, 1.807) is 6.26 Å². The first-order valence-corrected chi connectivity index (χ1v) is 19.6. The Labute approximate surface area is 292 Å². The molecule has 0 unspecified atom stereocenters. The third-order valence-electron chi connectivity index (χ3n) is 9.02. The number of aliphatic hydroxyl groups excluding tert-OH is 1. The van der Waals surface area contributed by atoms with E-state index in [4.69, 9.17) is 24.7 Å². The maximum atomic E-state index is 14.6. The predicted octanol–water partition coefficient (Wildman–Crippen LogP) is 4.80. The first-order valence-electron chi connectivity index (χ1n) is 16.7. The summed E-state index contributed by atoms with van der Waals surface area (Å²) >= 11 is 1.35. The second-order valence-corrected chi connectivity index (χ2v) is 17.2. The molecule has 0 aliphatic carbocycles. The van der Waals surface area contributed by atoms with Crippen molar-refractivity contribution in [3.05, 3.63) is 83.9 Å². The molecule has 0 radical (unpaired) electrons. The summed E-state index contributed by atoms with van der Waals surface area (Å²) in [5, 5.41) is 15.2. The maximum Gasteiger partial charge on any atom is 0.407 e. The number of carbonyl (C=O) groups excluding carboxylic acids is 1. The highest BCUT2D eigenvalue weighted by Gasteiger charge is 2.44. The van der Waals surface area contributed by atoms with Gasteiger partial charge in [-0.25, -0.2) is 14.1 Å². The SMILES string of the molecule is CC(C)CN(C[C@@H](O)[C@H](Cc1ccc(OCc2ccccc2)cc1)NC(=O)O[C@H]1CO[C@H]2OCC[C@H]21)[SH](C)(=O)c1ccc2nc(N)sc2c1. The second kappa shape index (κ2) is 15.5. The van der Waals surface area contributed by atoms with Gasteiger partial charge in [0, 0.05) is 24.2 Å². The van der Waals surface area contributed by atoms with E-state index < -0.39 is 34.5 Å². The molecule has 5 atom stereocenters. The zero-order valence-electron chi connectivity index (χ0n) is 28.1. The highest BCUT2D eigenvalue weighted by atomic mass is 32.3. The van der Waals surface area contributed by atoms with Gasteiger partial charge in [0.1, 0.15) is 18.5 Å². The standard InChI is InChI=1S/C36H46N4O7S2/c1-23(2)19-40(49(3,43)27-13-14-29-33(18-27)48-35(37)38-29)20-31(41)30(39-36(42)47-32-22-46-34-28(32)15-16-44-34)17-24-9-11-26(12-10-24)45-21-25-7-5-4-6-8-25/h4-14,18,23,28,30-32,34,41,49H,15-17,19-22H2,1-3H3,(H2,37,38)(H,39,42)/t28-,30-,31+,32-,34+/m0/s1. The predicted molar refractivity (Wildman–Crippen MR) is 192 cm³/mol. The maximum absolute atomic E-state index is 14.6. The van der Waals surface area contributed by atoms with Crippen LogP contribution in [0.15, 0.2) is 77.7 Å². The Morgan fingerprint density at radius 2 is 1.88 bits per heavy atom. The van der Waals surface area contributed by atoms with E-state index in [0.717, 1.165) is 27.8 Å². The number of aromatic nitrogens is 1. The van der Waals surface area contributed by atoms with Crippen molar-refractivity contribution in [2.24, 2.45) is 11.8 Å². The van der Waals surface area contributed by atoms with Crippen LogP contribution < -0.4 is 15.8 Å². The van der Waals surface area contributed by atoms with Crippen molar-refractivity contribution < 1.29 is 33.1 Å². The molecule has 3 heterocycles. The summed E-state index contributed by atoms with van der Waals surface area (Å²) < 4.78 is 40.3. The van der Waals surface area contributed by atoms with Crippen LogP contribution in [0.1, 0.15) is 31.4 Å². The molecule has 4 N–H and O–H groups in total. The Morgan fingerprint density at radius 1 is 1.10 bits per heavy atom. The van der Waals surface area contributed by atoms with Crippen molar-refractivity contribution >= 4 is 42.9 Å². The number of fused-ring (bicyclic) bond motifs is 2. The lowest BCUT2D eigenvalue weighted by molar-refractivity contribution is -0.0907. The molecule has 49 heavy (non-hydrogen) atoms. The summed E-state index contributed by atoms with van der Waals surface area (Å²) in [5.74, 6) is 0.852. The zero-order valence-corrected chi connectivity index (χ0v) is 29.8. The number of hydrogen-bond acceptors (Lipinski definition) is 10. The largest absolute Gasteiger partial charge is 0.489 e. The summed E-state index contributed by atoms with van der Waals surface area (Å²) in [6.45, 7) is 5.89. The van der Waals surface area contributed by atoms with Crippen LogP contribution >= 0.6 is 11.3 Å². The summed E-state index contributed by atoms with van der Waals surface area (Å²) in [6.07, 6.45) is 0.263. The van der Waals surface area contributed by atoms with Crippen molar-refractivity contribution in [1.29, 1.82) is 0 Å². The summed E-state index contributed by atoms with van der Waals surface area (Å²) in [7, 11) is -3.17. The van der Waals surface area contributed by atoms with Crippen molar-refractivity contribution in [3.8, 4) is 5.75 Å². The Balaban J connectivity index is 1.19. The van der Waals surface area contributed by atoms with Crippen molar-refractivity contribution in [1.82, 2.24) is 14.6 Å². The van der Waals surface area contributed by atoms with Crippen molar-refractivity contribution in [2.45, 2.75) is 62.7 Å². The molecule has 6 rings (SSSR count). The number of rotatable bonds is 14. The fourth-order valence-corrected chi connectivity index (χ4v) is 9.40. The third kappa shape index (κ3) is 8.77. The van der Waals surface area contributed by atoms with E-state index in [2.05, 4.69) is 10.3 Å². The fraction of sp³-hybridized carbons (Fsp3) is 0.444. The first-order chi connectivity index (χ1) is 23.5. The first kappa shape index (κ1) is 35.2. The molecular weight excluding hydrogens is 665 g/mol. The molecule has 13 heteroatoms. The van der Waals surface area contributed by atoms with E-state index in [0.29, 0.717) is 42.0 Å². The lowest BCUT2D eigenvalue weighted by Crippen LogP contribution is -2.52. The van der Waals surface area contributed by atoms with Crippen LogP contribution in [0.5, 0.6) is 5.75 Å². The van der Waals surface area contributed by atoms with E-state index in [1.165, 1.54) is 11.3 Å². The number of thiazole rings is 1. The molecule has 4 aromatic rings. The quantitative estimate of drug-likeness (QED) is 0.136. The molecule has 2 aliphatic heterocycles.